The van der Waals surface area contributed by atoms with Gasteiger partial charge in [0, 0.05) is 26.8 Å². The van der Waals surface area contributed by atoms with Crippen molar-refractivity contribution in [1.82, 2.24) is 10.6 Å². The normalized spacial score (nSPS) is 12.1. The molecule has 0 aromatic heterocycles. The molecule has 7 heteroatoms. The number of hydrogen-bond acceptors (Lipinski definition) is 4. The van der Waals surface area contributed by atoms with Gasteiger partial charge in [0.05, 0.1) is 13.7 Å². The number of aliphatic imine (C=N–C) groups is 1. The van der Waals surface area contributed by atoms with Crippen molar-refractivity contribution < 1.29 is 14.2 Å². The molecular weight excluding hydrogens is 433 g/mol. The second-order valence-electron chi connectivity index (χ2n) is 5.39. The number of rotatable bonds is 11. The smallest absolute Gasteiger partial charge is 0.191 e. The Kier molecular flexibility index (Phi) is 14.3. The van der Waals surface area contributed by atoms with Crippen LogP contribution < -0.4 is 20.1 Å². The molecule has 0 aliphatic rings. The lowest BCUT2D eigenvalue weighted by atomic mass is 10.3. The van der Waals surface area contributed by atoms with E-state index < -0.39 is 0 Å². The van der Waals surface area contributed by atoms with E-state index in [1.807, 2.05) is 38.1 Å². The van der Waals surface area contributed by atoms with Crippen LogP contribution in [0.1, 0.15) is 26.7 Å². The van der Waals surface area contributed by atoms with Gasteiger partial charge in [0.25, 0.3) is 0 Å². The first kappa shape index (κ1) is 23.8. The maximum atomic E-state index is 5.86. The van der Waals surface area contributed by atoms with Crippen molar-refractivity contribution >= 4 is 29.9 Å². The molecule has 1 rings (SSSR count). The molecule has 0 amide bonds. The van der Waals surface area contributed by atoms with Gasteiger partial charge in [0.1, 0.15) is 17.6 Å². The van der Waals surface area contributed by atoms with E-state index in [2.05, 4.69) is 15.6 Å². The quantitative estimate of drug-likeness (QED) is 0.228. The lowest BCUT2D eigenvalue weighted by Crippen LogP contribution is -2.42. The first-order valence-corrected chi connectivity index (χ1v) is 8.52. The average Bonchev–Trinajstić information content (AvgIpc) is 2.61. The van der Waals surface area contributed by atoms with Crippen LogP contribution >= 0.6 is 24.0 Å². The highest BCUT2D eigenvalue weighted by atomic mass is 127. The molecule has 0 bridgehead atoms. The number of nitrogens with one attached hydrogen (secondary N) is 2. The van der Waals surface area contributed by atoms with Gasteiger partial charge in [0.2, 0.25) is 0 Å². The van der Waals surface area contributed by atoms with Gasteiger partial charge in [-0.15, -0.1) is 24.0 Å². The number of ether oxygens (including phenoxy) is 3. The standard InChI is InChI=1S/C18H31N3O3.HI/c1-5-23-13-7-6-12-20-18(19-3)21-14-15(2)24-17-10-8-16(22-4)9-11-17;/h8-11,15H,5-7,12-14H2,1-4H3,(H2,19,20,21);1H. The summed E-state index contributed by atoms with van der Waals surface area (Å²) in [4.78, 5) is 4.21. The van der Waals surface area contributed by atoms with E-state index in [-0.39, 0.29) is 30.1 Å². The molecular formula is C18H32IN3O3. The fourth-order valence-corrected chi connectivity index (χ4v) is 2.07. The molecule has 1 aromatic carbocycles. The zero-order chi connectivity index (χ0) is 17.6. The van der Waals surface area contributed by atoms with Crippen molar-refractivity contribution in [3.63, 3.8) is 0 Å². The monoisotopic (exact) mass is 465 g/mol. The van der Waals surface area contributed by atoms with Crippen molar-refractivity contribution in [2.75, 3.05) is 40.5 Å². The Bertz CT molecular complexity index is 469. The highest BCUT2D eigenvalue weighted by Gasteiger charge is 2.06. The topological polar surface area (TPSA) is 64.1 Å². The molecule has 1 atom stereocenters. The van der Waals surface area contributed by atoms with Crippen LogP contribution in [-0.2, 0) is 4.74 Å². The van der Waals surface area contributed by atoms with E-state index >= 15 is 0 Å². The molecule has 0 saturated carbocycles. The summed E-state index contributed by atoms with van der Waals surface area (Å²) in [6.07, 6.45) is 2.13. The minimum Gasteiger partial charge on any atom is -0.497 e. The van der Waals surface area contributed by atoms with Gasteiger partial charge < -0.3 is 24.8 Å². The second kappa shape index (κ2) is 15.1. The molecule has 144 valence electrons. The number of methoxy groups -OCH3 is 1. The van der Waals surface area contributed by atoms with Crippen molar-refractivity contribution in [2.45, 2.75) is 32.8 Å². The average molecular weight is 465 g/mol. The number of halogens is 1. The molecule has 1 unspecified atom stereocenters. The second-order valence-corrected chi connectivity index (χ2v) is 5.39. The minimum absolute atomic E-state index is 0. The molecule has 0 heterocycles. The maximum Gasteiger partial charge on any atom is 0.191 e. The number of unbranched alkanes of at least 4 members (excludes halogenated alkanes) is 1. The van der Waals surface area contributed by atoms with Gasteiger partial charge in [0.15, 0.2) is 5.96 Å². The van der Waals surface area contributed by atoms with Crippen molar-refractivity contribution in [3.05, 3.63) is 24.3 Å². The Hall–Kier alpha value is -1.22. The van der Waals surface area contributed by atoms with E-state index in [9.17, 15) is 0 Å². The molecule has 0 aliphatic carbocycles. The van der Waals surface area contributed by atoms with Gasteiger partial charge in [-0.05, 0) is 51.0 Å². The molecule has 25 heavy (non-hydrogen) atoms. The molecule has 0 spiro atoms. The Morgan fingerprint density at radius 2 is 1.80 bits per heavy atom. The Morgan fingerprint density at radius 1 is 1.12 bits per heavy atom. The summed E-state index contributed by atoms with van der Waals surface area (Å²) >= 11 is 0. The number of nitrogens with zero attached hydrogens (tertiary/aromatic N) is 1. The SMILES string of the molecule is CCOCCCCNC(=NC)NCC(C)Oc1ccc(OC)cc1.I. The molecule has 0 radical (unpaired) electrons. The third-order valence-corrected chi connectivity index (χ3v) is 3.39. The lowest BCUT2D eigenvalue weighted by Gasteiger charge is -2.18. The van der Waals surface area contributed by atoms with Crippen LogP contribution in [-0.4, -0.2) is 52.5 Å². The number of guanidine groups is 1. The molecule has 1 aromatic rings. The first-order valence-electron chi connectivity index (χ1n) is 8.52. The van der Waals surface area contributed by atoms with Gasteiger partial charge in [-0.25, -0.2) is 0 Å². The molecule has 2 N–H and O–H groups in total. The third-order valence-electron chi connectivity index (χ3n) is 3.39. The van der Waals surface area contributed by atoms with Gasteiger partial charge in [-0.3, -0.25) is 4.99 Å². The van der Waals surface area contributed by atoms with Crippen LogP contribution in [0.4, 0.5) is 0 Å². The predicted molar refractivity (Wildman–Crippen MR) is 114 cm³/mol. The largest absolute Gasteiger partial charge is 0.497 e. The van der Waals surface area contributed by atoms with Crippen LogP contribution in [0, 0.1) is 0 Å². The van der Waals surface area contributed by atoms with E-state index in [0.717, 1.165) is 50.1 Å². The summed E-state index contributed by atoms with van der Waals surface area (Å²) in [7, 11) is 3.42. The Labute approximate surface area is 168 Å². The zero-order valence-corrected chi connectivity index (χ0v) is 18.0. The Balaban J connectivity index is 0.00000576. The summed E-state index contributed by atoms with van der Waals surface area (Å²) < 4.78 is 16.3. The predicted octanol–water partition coefficient (Wildman–Crippen LogP) is 3.06. The maximum absolute atomic E-state index is 5.86. The van der Waals surface area contributed by atoms with Crippen molar-refractivity contribution in [3.8, 4) is 11.5 Å². The van der Waals surface area contributed by atoms with Crippen LogP contribution in [0.15, 0.2) is 29.3 Å². The van der Waals surface area contributed by atoms with E-state index in [0.29, 0.717) is 6.54 Å². The highest BCUT2D eigenvalue weighted by molar-refractivity contribution is 14.0. The van der Waals surface area contributed by atoms with E-state index in [4.69, 9.17) is 14.2 Å². The zero-order valence-electron chi connectivity index (χ0n) is 15.7. The molecule has 6 nitrogen and oxygen atoms in total. The van der Waals surface area contributed by atoms with Crippen LogP contribution in [0.25, 0.3) is 0 Å². The van der Waals surface area contributed by atoms with Gasteiger partial charge in [-0.2, -0.15) is 0 Å². The van der Waals surface area contributed by atoms with Crippen molar-refractivity contribution in [2.24, 2.45) is 4.99 Å². The first-order chi connectivity index (χ1) is 11.7. The van der Waals surface area contributed by atoms with E-state index in [1.165, 1.54) is 0 Å². The van der Waals surface area contributed by atoms with Crippen LogP contribution in [0.5, 0.6) is 11.5 Å². The molecule has 0 saturated heterocycles. The van der Waals surface area contributed by atoms with Crippen LogP contribution in [0.3, 0.4) is 0 Å². The third kappa shape index (κ3) is 11.1. The Morgan fingerprint density at radius 3 is 2.40 bits per heavy atom. The minimum atomic E-state index is 0. The van der Waals surface area contributed by atoms with E-state index in [1.54, 1.807) is 14.2 Å². The lowest BCUT2D eigenvalue weighted by molar-refractivity contribution is 0.143. The fourth-order valence-electron chi connectivity index (χ4n) is 2.07. The summed E-state index contributed by atoms with van der Waals surface area (Å²) in [6, 6.07) is 7.58. The number of hydrogen-bond donors (Lipinski definition) is 2. The molecule has 0 aliphatic heterocycles. The summed E-state index contributed by atoms with van der Waals surface area (Å²) in [5, 5.41) is 6.56. The summed E-state index contributed by atoms with van der Waals surface area (Å²) in [5.41, 5.74) is 0. The number of benzene rings is 1. The fraction of sp³-hybridized carbons (Fsp3) is 0.611. The van der Waals surface area contributed by atoms with Crippen LogP contribution in [0.2, 0.25) is 0 Å². The summed E-state index contributed by atoms with van der Waals surface area (Å²) in [6.45, 7) is 7.18. The molecule has 0 fully saturated rings. The summed E-state index contributed by atoms with van der Waals surface area (Å²) in [5.74, 6) is 2.43. The van der Waals surface area contributed by atoms with Crippen molar-refractivity contribution in [1.29, 1.82) is 0 Å². The highest BCUT2D eigenvalue weighted by Crippen LogP contribution is 2.17. The van der Waals surface area contributed by atoms with Gasteiger partial charge >= 0.3 is 0 Å². The van der Waals surface area contributed by atoms with Gasteiger partial charge in [-0.1, -0.05) is 0 Å².